The van der Waals surface area contributed by atoms with E-state index in [1.807, 2.05) is 6.08 Å². The average Bonchev–Trinajstić information content (AvgIpc) is 2.73. The lowest BCUT2D eigenvalue weighted by molar-refractivity contribution is -0.140. The molecular formula is C16H11ClF3NO2. The summed E-state index contributed by atoms with van der Waals surface area (Å²) >= 11 is 5.59. The number of Topliss-reactive ketones (excluding diaryl/α,β-unsaturated/α-hetero) is 1. The number of carbonyl (C=O) groups excluding carboxylic acids is 2. The first kappa shape index (κ1) is 15.8. The van der Waals surface area contributed by atoms with Crippen LogP contribution >= 0.6 is 11.6 Å². The lowest BCUT2D eigenvalue weighted by atomic mass is 9.99. The molecule has 1 saturated heterocycles. The van der Waals surface area contributed by atoms with E-state index in [9.17, 15) is 22.8 Å². The van der Waals surface area contributed by atoms with Gasteiger partial charge in [0.05, 0.1) is 16.6 Å². The standard InChI is InChI=1S/C16H11ClF3NO2/c17-12-6-5-9(7-11(12)16(18,19)20)8-21-13-4-2-1-3-10(13)14(22)15(21)23/h1-3,5-7,13H,4,8H2. The molecule has 1 unspecified atom stereocenters. The molecule has 1 atom stereocenters. The van der Waals surface area contributed by atoms with Crippen LogP contribution in [0.3, 0.4) is 0 Å². The number of fused-ring (bicyclic) bond motifs is 1. The number of carbonyl (C=O) groups is 2. The highest BCUT2D eigenvalue weighted by Gasteiger charge is 2.42. The molecule has 2 aliphatic rings. The largest absolute Gasteiger partial charge is 0.417 e. The molecule has 120 valence electrons. The molecule has 1 aliphatic heterocycles. The number of benzene rings is 1. The number of hydrogen-bond donors (Lipinski definition) is 0. The van der Waals surface area contributed by atoms with Crippen molar-refractivity contribution in [1.29, 1.82) is 0 Å². The summed E-state index contributed by atoms with van der Waals surface area (Å²) in [7, 11) is 0. The van der Waals surface area contributed by atoms with E-state index in [-0.39, 0.29) is 12.1 Å². The summed E-state index contributed by atoms with van der Waals surface area (Å²) in [4.78, 5) is 25.3. The van der Waals surface area contributed by atoms with Gasteiger partial charge in [-0.25, -0.2) is 0 Å². The minimum atomic E-state index is -4.57. The zero-order valence-corrected chi connectivity index (χ0v) is 12.5. The van der Waals surface area contributed by atoms with Crippen molar-refractivity contribution in [2.24, 2.45) is 0 Å². The SMILES string of the molecule is O=C1C(=O)N(Cc2ccc(Cl)c(C(F)(F)F)c2)C2CC=CC=C12. The van der Waals surface area contributed by atoms with Crippen LogP contribution in [0.2, 0.25) is 5.02 Å². The molecule has 3 nitrogen and oxygen atoms in total. The van der Waals surface area contributed by atoms with Crippen LogP contribution in [0.1, 0.15) is 17.5 Å². The molecular weight excluding hydrogens is 331 g/mol. The summed E-state index contributed by atoms with van der Waals surface area (Å²) < 4.78 is 38.7. The molecule has 0 aromatic heterocycles. The van der Waals surface area contributed by atoms with Gasteiger partial charge in [0.1, 0.15) is 0 Å². The Bertz CT molecular complexity index is 752. The van der Waals surface area contributed by atoms with Gasteiger partial charge in [-0.15, -0.1) is 0 Å². The van der Waals surface area contributed by atoms with Crippen LogP contribution in [0.5, 0.6) is 0 Å². The average molecular weight is 342 g/mol. The maximum atomic E-state index is 12.9. The van der Waals surface area contributed by atoms with Gasteiger partial charge in [0, 0.05) is 12.1 Å². The Morgan fingerprint density at radius 3 is 2.70 bits per heavy atom. The smallest absolute Gasteiger partial charge is 0.324 e. The second-order valence-electron chi connectivity index (χ2n) is 5.38. The van der Waals surface area contributed by atoms with Crippen molar-refractivity contribution in [1.82, 2.24) is 4.90 Å². The molecule has 23 heavy (non-hydrogen) atoms. The predicted octanol–water partition coefficient (Wildman–Crippen LogP) is 3.53. The first-order valence-corrected chi connectivity index (χ1v) is 7.24. The van der Waals surface area contributed by atoms with Crippen LogP contribution in [0.4, 0.5) is 13.2 Å². The Morgan fingerprint density at radius 1 is 1.26 bits per heavy atom. The highest BCUT2D eigenvalue weighted by Crippen LogP contribution is 2.36. The number of alkyl halides is 3. The number of likely N-dealkylation sites (tertiary alicyclic amines) is 1. The summed E-state index contributed by atoms with van der Waals surface area (Å²) in [6.07, 6.45) is 0.998. The van der Waals surface area contributed by atoms with Gasteiger partial charge < -0.3 is 4.90 Å². The molecule has 0 N–H and O–H groups in total. The molecule has 1 aromatic carbocycles. The Labute approximate surface area is 135 Å². The summed E-state index contributed by atoms with van der Waals surface area (Å²) in [5.74, 6) is -1.28. The Morgan fingerprint density at radius 2 is 2.00 bits per heavy atom. The Hall–Kier alpha value is -2.08. The van der Waals surface area contributed by atoms with E-state index in [4.69, 9.17) is 11.6 Å². The van der Waals surface area contributed by atoms with Crippen molar-refractivity contribution >= 4 is 23.3 Å². The van der Waals surface area contributed by atoms with Crippen molar-refractivity contribution in [2.75, 3.05) is 0 Å². The Kier molecular flexibility index (Phi) is 3.80. The third-order valence-electron chi connectivity index (χ3n) is 3.91. The fourth-order valence-corrected chi connectivity index (χ4v) is 3.03. The molecule has 1 aliphatic carbocycles. The lowest BCUT2D eigenvalue weighted by Gasteiger charge is -2.25. The molecule has 1 aromatic rings. The second kappa shape index (κ2) is 5.53. The van der Waals surface area contributed by atoms with Crippen molar-refractivity contribution in [3.63, 3.8) is 0 Å². The summed E-state index contributed by atoms with van der Waals surface area (Å²) in [6, 6.07) is 3.08. The van der Waals surface area contributed by atoms with E-state index < -0.39 is 34.5 Å². The maximum Gasteiger partial charge on any atom is 0.417 e. The molecule has 1 amide bonds. The van der Waals surface area contributed by atoms with E-state index >= 15 is 0 Å². The maximum absolute atomic E-state index is 12.9. The topological polar surface area (TPSA) is 37.4 Å². The van der Waals surface area contributed by atoms with Gasteiger partial charge in [0.25, 0.3) is 5.91 Å². The number of hydrogen-bond acceptors (Lipinski definition) is 2. The molecule has 1 fully saturated rings. The van der Waals surface area contributed by atoms with Gasteiger partial charge in [-0.3, -0.25) is 9.59 Å². The van der Waals surface area contributed by atoms with Gasteiger partial charge in [0.15, 0.2) is 0 Å². The van der Waals surface area contributed by atoms with E-state index in [1.165, 1.54) is 11.0 Å². The fraction of sp³-hybridized carbons (Fsp3) is 0.250. The fourth-order valence-electron chi connectivity index (χ4n) is 2.80. The van der Waals surface area contributed by atoms with E-state index in [0.29, 0.717) is 12.0 Å². The van der Waals surface area contributed by atoms with Gasteiger partial charge >= 0.3 is 6.18 Å². The third kappa shape index (κ3) is 2.79. The number of allylic oxidation sites excluding steroid dienone is 2. The number of nitrogens with zero attached hydrogens (tertiary/aromatic N) is 1. The van der Waals surface area contributed by atoms with Gasteiger partial charge in [-0.05, 0) is 24.1 Å². The highest BCUT2D eigenvalue weighted by molar-refractivity contribution is 6.45. The minimum absolute atomic E-state index is 0.0688. The quantitative estimate of drug-likeness (QED) is 0.772. The van der Waals surface area contributed by atoms with Gasteiger partial charge in [0.2, 0.25) is 5.78 Å². The van der Waals surface area contributed by atoms with Crippen LogP contribution in [-0.4, -0.2) is 22.6 Å². The van der Waals surface area contributed by atoms with Crippen LogP contribution in [0.15, 0.2) is 42.0 Å². The highest BCUT2D eigenvalue weighted by atomic mass is 35.5. The van der Waals surface area contributed by atoms with Crippen LogP contribution < -0.4 is 0 Å². The molecule has 1 heterocycles. The third-order valence-corrected chi connectivity index (χ3v) is 4.24. The summed E-state index contributed by atoms with van der Waals surface area (Å²) in [5, 5.41) is -0.397. The lowest BCUT2D eigenvalue weighted by Crippen LogP contribution is -2.33. The zero-order chi connectivity index (χ0) is 16.8. The minimum Gasteiger partial charge on any atom is -0.324 e. The first-order valence-electron chi connectivity index (χ1n) is 6.86. The van der Waals surface area contributed by atoms with Crippen LogP contribution in [0.25, 0.3) is 0 Å². The van der Waals surface area contributed by atoms with Gasteiger partial charge in [-0.1, -0.05) is 35.9 Å². The van der Waals surface area contributed by atoms with Crippen molar-refractivity contribution < 1.29 is 22.8 Å². The number of halogens is 4. The number of rotatable bonds is 2. The number of amides is 1. The molecule has 0 radical (unpaired) electrons. The molecule has 0 spiro atoms. The van der Waals surface area contributed by atoms with E-state index in [0.717, 1.165) is 12.1 Å². The molecule has 3 rings (SSSR count). The second-order valence-corrected chi connectivity index (χ2v) is 5.78. The molecule has 0 bridgehead atoms. The van der Waals surface area contributed by atoms with Crippen molar-refractivity contribution in [3.05, 3.63) is 58.1 Å². The normalized spacial score (nSPS) is 20.8. The monoisotopic (exact) mass is 341 g/mol. The van der Waals surface area contributed by atoms with Crippen molar-refractivity contribution in [3.8, 4) is 0 Å². The number of ketones is 1. The first-order chi connectivity index (χ1) is 10.8. The Balaban J connectivity index is 1.91. The van der Waals surface area contributed by atoms with E-state index in [1.54, 1.807) is 12.2 Å². The van der Waals surface area contributed by atoms with Crippen LogP contribution in [0, 0.1) is 0 Å². The van der Waals surface area contributed by atoms with Crippen molar-refractivity contribution in [2.45, 2.75) is 25.2 Å². The summed E-state index contributed by atoms with van der Waals surface area (Å²) in [5.41, 5.74) is -0.282. The van der Waals surface area contributed by atoms with Gasteiger partial charge in [-0.2, -0.15) is 13.2 Å². The van der Waals surface area contributed by atoms with E-state index in [2.05, 4.69) is 0 Å². The summed E-state index contributed by atoms with van der Waals surface area (Å²) in [6.45, 7) is -0.0688. The molecule has 7 heteroatoms. The predicted molar refractivity (Wildman–Crippen MR) is 77.6 cm³/mol. The zero-order valence-electron chi connectivity index (χ0n) is 11.7. The molecule has 0 saturated carbocycles. The van der Waals surface area contributed by atoms with Crippen LogP contribution in [-0.2, 0) is 22.3 Å².